The number of ketones is 2. The highest BCUT2D eigenvalue weighted by Crippen LogP contribution is 2.27. The van der Waals surface area contributed by atoms with E-state index in [2.05, 4.69) is 22.1 Å². The average molecular weight is 365 g/mol. The summed E-state index contributed by atoms with van der Waals surface area (Å²) in [5, 5.41) is 3.10. The Morgan fingerprint density at radius 3 is 2.59 bits per heavy atom. The lowest BCUT2D eigenvalue weighted by Crippen LogP contribution is -2.33. The SMILES string of the molecule is CCc1ccc(-c2nc3c(o2)C(=O)C=C(NCCN2CCCC2)C3=O)cc1. The van der Waals surface area contributed by atoms with Gasteiger partial charge in [0.15, 0.2) is 5.69 Å². The van der Waals surface area contributed by atoms with Crippen molar-refractivity contribution in [2.75, 3.05) is 26.2 Å². The molecule has 0 atom stereocenters. The van der Waals surface area contributed by atoms with Crippen molar-refractivity contribution in [3.8, 4) is 11.5 Å². The molecular weight excluding hydrogens is 342 g/mol. The number of carbonyl (C=O) groups excluding carboxylic acids is 2. The molecule has 1 fully saturated rings. The minimum absolute atomic E-state index is 0.0275. The lowest BCUT2D eigenvalue weighted by molar-refractivity contribution is 0.0960. The largest absolute Gasteiger partial charge is 0.432 e. The molecule has 27 heavy (non-hydrogen) atoms. The van der Waals surface area contributed by atoms with Crippen molar-refractivity contribution in [3.05, 3.63) is 53.1 Å². The van der Waals surface area contributed by atoms with E-state index in [9.17, 15) is 9.59 Å². The van der Waals surface area contributed by atoms with Crippen LogP contribution in [0.2, 0.25) is 0 Å². The maximum atomic E-state index is 12.7. The van der Waals surface area contributed by atoms with E-state index in [1.807, 2.05) is 24.3 Å². The zero-order valence-corrected chi connectivity index (χ0v) is 15.5. The highest BCUT2D eigenvalue weighted by Gasteiger charge is 2.32. The summed E-state index contributed by atoms with van der Waals surface area (Å²) in [6, 6.07) is 7.78. The monoisotopic (exact) mass is 365 g/mol. The van der Waals surface area contributed by atoms with Gasteiger partial charge in [-0.3, -0.25) is 9.59 Å². The Morgan fingerprint density at radius 2 is 1.89 bits per heavy atom. The minimum atomic E-state index is -0.322. The van der Waals surface area contributed by atoms with Gasteiger partial charge >= 0.3 is 0 Å². The van der Waals surface area contributed by atoms with Crippen molar-refractivity contribution in [2.45, 2.75) is 26.2 Å². The molecule has 6 heteroatoms. The quantitative estimate of drug-likeness (QED) is 0.848. The Balaban J connectivity index is 1.49. The van der Waals surface area contributed by atoms with Gasteiger partial charge in [0.05, 0.1) is 5.70 Å². The van der Waals surface area contributed by atoms with E-state index in [-0.39, 0.29) is 23.0 Å². The first-order valence-electron chi connectivity index (χ1n) is 9.53. The van der Waals surface area contributed by atoms with Crippen molar-refractivity contribution < 1.29 is 14.0 Å². The minimum Gasteiger partial charge on any atom is -0.432 e. The number of rotatable bonds is 6. The van der Waals surface area contributed by atoms with E-state index >= 15 is 0 Å². The van der Waals surface area contributed by atoms with Crippen LogP contribution in [0.1, 0.15) is 46.4 Å². The van der Waals surface area contributed by atoms with Crippen LogP contribution in [0.15, 0.2) is 40.5 Å². The molecule has 1 N–H and O–H groups in total. The number of hydrogen-bond acceptors (Lipinski definition) is 6. The number of nitrogens with zero attached hydrogens (tertiary/aromatic N) is 2. The van der Waals surface area contributed by atoms with Gasteiger partial charge in [-0.2, -0.15) is 0 Å². The van der Waals surface area contributed by atoms with Crippen LogP contribution >= 0.6 is 0 Å². The molecule has 0 spiro atoms. The van der Waals surface area contributed by atoms with E-state index in [1.54, 1.807) is 0 Å². The second-order valence-corrected chi connectivity index (χ2v) is 6.97. The molecule has 1 saturated heterocycles. The Bertz CT molecular complexity index is 890. The predicted molar refractivity (Wildman–Crippen MR) is 102 cm³/mol. The number of carbonyl (C=O) groups is 2. The zero-order chi connectivity index (χ0) is 18.8. The fraction of sp³-hybridized carbons (Fsp3) is 0.381. The van der Waals surface area contributed by atoms with Crippen LogP contribution in [0.3, 0.4) is 0 Å². The third kappa shape index (κ3) is 3.57. The number of nitrogens with one attached hydrogen (secondary N) is 1. The predicted octanol–water partition coefficient (Wildman–Crippen LogP) is 2.85. The van der Waals surface area contributed by atoms with Crippen LogP contribution in [0.4, 0.5) is 0 Å². The fourth-order valence-corrected chi connectivity index (χ4v) is 3.52. The first-order valence-corrected chi connectivity index (χ1v) is 9.53. The summed E-state index contributed by atoms with van der Waals surface area (Å²) in [5.74, 6) is -0.279. The van der Waals surface area contributed by atoms with Crippen LogP contribution in [0.25, 0.3) is 11.5 Å². The molecule has 0 saturated carbocycles. The van der Waals surface area contributed by atoms with Gasteiger partial charge in [-0.1, -0.05) is 19.1 Å². The van der Waals surface area contributed by atoms with Crippen molar-refractivity contribution >= 4 is 11.6 Å². The molecule has 2 aromatic rings. The van der Waals surface area contributed by atoms with Gasteiger partial charge in [0.2, 0.25) is 23.2 Å². The van der Waals surface area contributed by atoms with E-state index in [0.717, 1.165) is 31.6 Å². The van der Waals surface area contributed by atoms with Crippen LogP contribution < -0.4 is 5.32 Å². The first kappa shape index (κ1) is 17.7. The summed E-state index contributed by atoms with van der Waals surface area (Å²) in [6.07, 6.45) is 4.72. The number of likely N-dealkylation sites (tertiary alicyclic amines) is 1. The number of aromatic nitrogens is 1. The standard InChI is InChI=1S/C21H23N3O3/c1-2-14-5-7-15(8-6-14)21-23-18-19(26)16(13-17(25)20(18)27-21)22-9-12-24-10-3-4-11-24/h5-8,13,22H,2-4,9-12H2,1H3. The van der Waals surface area contributed by atoms with Gasteiger partial charge in [0.25, 0.3) is 0 Å². The summed E-state index contributed by atoms with van der Waals surface area (Å²) in [6.45, 7) is 5.77. The molecule has 6 nitrogen and oxygen atoms in total. The molecule has 0 amide bonds. The van der Waals surface area contributed by atoms with Crippen molar-refractivity contribution in [1.82, 2.24) is 15.2 Å². The molecular formula is C21H23N3O3. The van der Waals surface area contributed by atoms with Crippen molar-refractivity contribution in [1.29, 1.82) is 0 Å². The van der Waals surface area contributed by atoms with Crippen LogP contribution in [0.5, 0.6) is 0 Å². The normalized spacial score (nSPS) is 17.1. The molecule has 2 heterocycles. The topological polar surface area (TPSA) is 75.4 Å². The molecule has 1 aliphatic carbocycles. The first-order chi connectivity index (χ1) is 13.2. The zero-order valence-electron chi connectivity index (χ0n) is 15.5. The van der Waals surface area contributed by atoms with E-state index < -0.39 is 0 Å². The third-order valence-electron chi connectivity index (χ3n) is 5.14. The number of Topliss-reactive ketones (excluding diaryl/α,β-unsaturated/α-hetero) is 1. The Labute approximate surface area is 158 Å². The van der Waals surface area contributed by atoms with Gasteiger partial charge in [-0.25, -0.2) is 4.98 Å². The molecule has 2 aliphatic rings. The van der Waals surface area contributed by atoms with Gasteiger partial charge in [0.1, 0.15) is 0 Å². The molecule has 1 aliphatic heterocycles. The fourth-order valence-electron chi connectivity index (χ4n) is 3.52. The molecule has 0 bridgehead atoms. The number of allylic oxidation sites excluding steroid dienone is 2. The second-order valence-electron chi connectivity index (χ2n) is 6.97. The van der Waals surface area contributed by atoms with Crippen molar-refractivity contribution in [2.24, 2.45) is 0 Å². The van der Waals surface area contributed by atoms with Crippen LogP contribution in [-0.2, 0) is 6.42 Å². The highest BCUT2D eigenvalue weighted by molar-refractivity contribution is 6.22. The summed E-state index contributed by atoms with van der Waals surface area (Å²) < 4.78 is 5.62. The number of hydrogen-bond donors (Lipinski definition) is 1. The van der Waals surface area contributed by atoms with Gasteiger partial charge < -0.3 is 14.6 Å². The average Bonchev–Trinajstić information content (AvgIpc) is 3.36. The lowest BCUT2D eigenvalue weighted by atomic mass is 10.0. The van der Waals surface area contributed by atoms with Crippen LogP contribution in [0, 0.1) is 0 Å². The maximum Gasteiger partial charge on any atom is 0.231 e. The van der Waals surface area contributed by atoms with Crippen LogP contribution in [-0.4, -0.2) is 47.6 Å². The number of oxazole rings is 1. The van der Waals surface area contributed by atoms with E-state index in [0.29, 0.717) is 18.1 Å². The van der Waals surface area contributed by atoms with Crippen molar-refractivity contribution in [3.63, 3.8) is 0 Å². The van der Waals surface area contributed by atoms with Gasteiger partial charge in [0, 0.05) is 24.7 Å². The molecule has 0 unspecified atom stereocenters. The molecule has 1 aromatic carbocycles. The summed E-state index contributed by atoms with van der Waals surface area (Å²) in [5.41, 5.74) is 2.35. The van der Waals surface area contributed by atoms with Gasteiger partial charge in [-0.05, 0) is 50.0 Å². The summed E-state index contributed by atoms with van der Waals surface area (Å²) in [7, 11) is 0. The number of fused-ring (bicyclic) bond motifs is 1. The maximum absolute atomic E-state index is 12.7. The summed E-state index contributed by atoms with van der Waals surface area (Å²) >= 11 is 0. The Kier molecular flexibility index (Phi) is 4.90. The number of aryl methyl sites for hydroxylation is 1. The Morgan fingerprint density at radius 1 is 1.15 bits per heavy atom. The molecule has 4 rings (SSSR count). The summed E-state index contributed by atoms with van der Waals surface area (Å²) in [4.78, 5) is 31.8. The Hall–Kier alpha value is -2.73. The lowest BCUT2D eigenvalue weighted by Gasteiger charge is -2.17. The second kappa shape index (κ2) is 7.48. The van der Waals surface area contributed by atoms with E-state index in [1.165, 1.54) is 24.5 Å². The highest BCUT2D eigenvalue weighted by atomic mass is 16.4. The molecule has 1 aromatic heterocycles. The smallest absolute Gasteiger partial charge is 0.231 e. The number of benzene rings is 1. The van der Waals surface area contributed by atoms with Gasteiger partial charge in [-0.15, -0.1) is 0 Å². The molecule has 0 radical (unpaired) electrons. The third-order valence-corrected chi connectivity index (χ3v) is 5.14. The van der Waals surface area contributed by atoms with E-state index in [4.69, 9.17) is 4.42 Å². The molecule has 140 valence electrons.